The fourth-order valence-electron chi connectivity index (χ4n) is 0.295. The Hall–Kier alpha value is -0.300. The number of halogens is 1. The minimum absolute atomic E-state index is 0.196. The van der Waals surface area contributed by atoms with Gasteiger partial charge in [0.1, 0.15) is 0 Å². The largest absolute Gasteiger partial charge is 0.276 e. The molecule has 0 radical (unpaired) electrons. The Morgan fingerprint density at radius 3 is 1.78 bits per heavy atom. The van der Waals surface area contributed by atoms with Crippen LogP contribution < -0.4 is 0 Å². The number of carbonyl (C=O) groups is 1. The molecule has 0 aliphatic carbocycles. The molecular formula is C7H11ClO. The van der Waals surface area contributed by atoms with E-state index >= 15 is 0 Å². The molecule has 1 nitrogen and oxygen atoms in total. The van der Waals surface area contributed by atoms with Gasteiger partial charge in [0.05, 0.1) is 0 Å². The Morgan fingerprint density at radius 1 is 1.44 bits per heavy atom. The molecule has 0 heterocycles. The summed E-state index contributed by atoms with van der Waals surface area (Å²) < 4.78 is 0. The standard InChI is InChI=1S/C7H11ClO/c1-5(6(8)9)7(2,3)4/h1H2,2-4H3. The van der Waals surface area contributed by atoms with E-state index in [1.54, 1.807) is 0 Å². The predicted molar refractivity (Wildman–Crippen MR) is 39.5 cm³/mol. The average molecular weight is 147 g/mol. The lowest BCUT2D eigenvalue weighted by Crippen LogP contribution is -2.12. The molecule has 0 unspecified atom stereocenters. The second-order valence-electron chi connectivity index (χ2n) is 3.00. The highest BCUT2D eigenvalue weighted by molar-refractivity contribution is 6.67. The molecule has 0 saturated heterocycles. The van der Waals surface area contributed by atoms with Gasteiger partial charge in [-0.3, -0.25) is 4.79 Å². The number of hydrogen-bond acceptors (Lipinski definition) is 1. The van der Waals surface area contributed by atoms with E-state index in [1.807, 2.05) is 20.8 Å². The molecule has 0 fully saturated rings. The van der Waals surface area contributed by atoms with Crippen molar-refractivity contribution in [2.24, 2.45) is 5.41 Å². The zero-order chi connectivity index (χ0) is 7.65. The van der Waals surface area contributed by atoms with E-state index in [2.05, 4.69) is 6.58 Å². The highest BCUT2D eigenvalue weighted by Crippen LogP contribution is 2.24. The number of carbonyl (C=O) groups excluding carboxylic acids is 1. The molecule has 0 bridgehead atoms. The van der Waals surface area contributed by atoms with Crippen LogP contribution in [-0.2, 0) is 4.79 Å². The third kappa shape index (κ3) is 2.66. The second-order valence-corrected chi connectivity index (χ2v) is 3.35. The van der Waals surface area contributed by atoms with Crippen molar-refractivity contribution in [3.63, 3.8) is 0 Å². The van der Waals surface area contributed by atoms with Crippen LogP contribution >= 0.6 is 11.6 Å². The summed E-state index contributed by atoms with van der Waals surface area (Å²) in [4.78, 5) is 10.5. The lowest BCUT2D eigenvalue weighted by atomic mass is 9.88. The van der Waals surface area contributed by atoms with Crippen LogP contribution in [0.5, 0.6) is 0 Å². The Bertz CT molecular complexity index is 141. The van der Waals surface area contributed by atoms with Crippen molar-refractivity contribution >= 4 is 16.8 Å². The summed E-state index contributed by atoms with van der Waals surface area (Å²) in [7, 11) is 0. The van der Waals surface area contributed by atoms with Crippen LogP contribution in [0, 0.1) is 5.41 Å². The van der Waals surface area contributed by atoms with Crippen LogP contribution in [0.1, 0.15) is 20.8 Å². The van der Waals surface area contributed by atoms with Gasteiger partial charge in [-0.05, 0) is 17.0 Å². The van der Waals surface area contributed by atoms with Crippen LogP contribution in [0.3, 0.4) is 0 Å². The molecule has 0 N–H and O–H groups in total. The van der Waals surface area contributed by atoms with Gasteiger partial charge in [-0.2, -0.15) is 0 Å². The van der Waals surface area contributed by atoms with Crippen LogP contribution in [0.2, 0.25) is 0 Å². The van der Waals surface area contributed by atoms with Crippen molar-refractivity contribution < 1.29 is 4.79 Å². The highest BCUT2D eigenvalue weighted by Gasteiger charge is 2.19. The zero-order valence-corrected chi connectivity index (χ0v) is 6.75. The maximum Gasteiger partial charge on any atom is 0.248 e. The van der Waals surface area contributed by atoms with Crippen molar-refractivity contribution in [2.45, 2.75) is 20.8 Å². The highest BCUT2D eigenvalue weighted by atomic mass is 35.5. The molecule has 0 aliphatic heterocycles. The first-order valence-electron chi connectivity index (χ1n) is 2.75. The number of rotatable bonds is 1. The third-order valence-electron chi connectivity index (χ3n) is 1.14. The zero-order valence-electron chi connectivity index (χ0n) is 5.99. The van der Waals surface area contributed by atoms with Crippen LogP contribution in [-0.4, -0.2) is 5.24 Å². The van der Waals surface area contributed by atoms with Gasteiger partial charge < -0.3 is 0 Å². The topological polar surface area (TPSA) is 17.1 Å². The van der Waals surface area contributed by atoms with Gasteiger partial charge in [-0.1, -0.05) is 27.4 Å². The van der Waals surface area contributed by atoms with Gasteiger partial charge in [0.2, 0.25) is 5.24 Å². The Kier molecular flexibility index (Phi) is 2.44. The van der Waals surface area contributed by atoms with Crippen molar-refractivity contribution in [3.05, 3.63) is 12.2 Å². The lowest BCUT2D eigenvalue weighted by molar-refractivity contribution is -0.109. The molecule has 2 heteroatoms. The van der Waals surface area contributed by atoms with Crippen molar-refractivity contribution in [1.82, 2.24) is 0 Å². The molecule has 0 saturated carbocycles. The van der Waals surface area contributed by atoms with E-state index in [1.165, 1.54) is 0 Å². The first kappa shape index (κ1) is 8.70. The van der Waals surface area contributed by atoms with Crippen molar-refractivity contribution in [1.29, 1.82) is 0 Å². The number of allylic oxidation sites excluding steroid dienone is 1. The molecule has 0 aromatic carbocycles. The van der Waals surface area contributed by atoms with Gasteiger partial charge >= 0.3 is 0 Å². The van der Waals surface area contributed by atoms with Gasteiger partial charge in [0.25, 0.3) is 0 Å². The van der Waals surface area contributed by atoms with Gasteiger partial charge in [0, 0.05) is 5.57 Å². The fraction of sp³-hybridized carbons (Fsp3) is 0.571. The smallest absolute Gasteiger partial charge is 0.248 e. The van der Waals surface area contributed by atoms with Crippen LogP contribution in [0.4, 0.5) is 0 Å². The molecule has 9 heavy (non-hydrogen) atoms. The SMILES string of the molecule is C=C(C(=O)Cl)C(C)(C)C. The van der Waals surface area contributed by atoms with Gasteiger partial charge in [-0.25, -0.2) is 0 Å². The molecule has 0 spiro atoms. The fourth-order valence-corrected chi connectivity index (χ4v) is 0.578. The Morgan fingerprint density at radius 2 is 1.78 bits per heavy atom. The maximum atomic E-state index is 10.5. The predicted octanol–water partition coefficient (Wildman–Crippen LogP) is 2.35. The number of hydrogen-bond donors (Lipinski definition) is 0. The first-order chi connectivity index (χ1) is 3.85. The van der Waals surface area contributed by atoms with E-state index in [-0.39, 0.29) is 5.41 Å². The summed E-state index contributed by atoms with van der Waals surface area (Å²) in [6.07, 6.45) is 0. The summed E-state index contributed by atoms with van der Waals surface area (Å²) in [6, 6.07) is 0. The quantitative estimate of drug-likeness (QED) is 0.410. The van der Waals surface area contributed by atoms with E-state index < -0.39 is 5.24 Å². The van der Waals surface area contributed by atoms with Crippen molar-refractivity contribution in [2.75, 3.05) is 0 Å². The molecule has 0 atom stereocenters. The van der Waals surface area contributed by atoms with Crippen LogP contribution in [0.15, 0.2) is 12.2 Å². The minimum Gasteiger partial charge on any atom is -0.276 e. The average Bonchev–Trinajstić information content (AvgIpc) is 1.62. The second kappa shape index (κ2) is 2.53. The molecule has 0 amide bonds. The molecule has 0 aliphatic rings. The van der Waals surface area contributed by atoms with E-state index in [9.17, 15) is 4.79 Å². The summed E-state index contributed by atoms with van der Waals surface area (Å²) >= 11 is 5.17. The maximum absolute atomic E-state index is 10.5. The summed E-state index contributed by atoms with van der Waals surface area (Å²) in [5.74, 6) is 0. The molecule has 0 aromatic heterocycles. The van der Waals surface area contributed by atoms with E-state index in [0.717, 1.165) is 0 Å². The van der Waals surface area contributed by atoms with Crippen molar-refractivity contribution in [3.8, 4) is 0 Å². The van der Waals surface area contributed by atoms with Gasteiger partial charge in [-0.15, -0.1) is 0 Å². The normalized spacial score (nSPS) is 11.1. The third-order valence-corrected chi connectivity index (χ3v) is 1.37. The Labute approximate surface area is 60.7 Å². The van der Waals surface area contributed by atoms with Crippen LogP contribution in [0.25, 0.3) is 0 Å². The Balaban J connectivity index is 4.23. The lowest BCUT2D eigenvalue weighted by Gasteiger charge is -2.17. The molecular weight excluding hydrogens is 136 g/mol. The minimum atomic E-state index is -0.442. The van der Waals surface area contributed by atoms with E-state index in [0.29, 0.717) is 5.57 Å². The monoisotopic (exact) mass is 146 g/mol. The molecule has 0 rings (SSSR count). The molecule has 52 valence electrons. The first-order valence-corrected chi connectivity index (χ1v) is 3.12. The summed E-state index contributed by atoms with van der Waals surface area (Å²) in [6.45, 7) is 9.24. The summed E-state index contributed by atoms with van der Waals surface area (Å²) in [5, 5.41) is -0.442. The van der Waals surface area contributed by atoms with E-state index in [4.69, 9.17) is 11.6 Å². The summed E-state index contributed by atoms with van der Waals surface area (Å²) in [5.41, 5.74) is 0.267. The molecule has 0 aromatic rings. The van der Waals surface area contributed by atoms with Gasteiger partial charge in [0.15, 0.2) is 0 Å².